The van der Waals surface area contributed by atoms with Crippen molar-refractivity contribution in [2.45, 2.75) is 31.8 Å². The molecule has 1 saturated carbocycles. The highest BCUT2D eigenvalue weighted by molar-refractivity contribution is 6.34. The number of aldehydes is 1. The van der Waals surface area contributed by atoms with Crippen LogP contribution in [0.25, 0.3) is 22.0 Å². The van der Waals surface area contributed by atoms with E-state index in [0.717, 1.165) is 58.7 Å². The van der Waals surface area contributed by atoms with E-state index in [0.29, 0.717) is 10.6 Å². The van der Waals surface area contributed by atoms with Crippen LogP contribution >= 0.6 is 11.6 Å². The van der Waals surface area contributed by atoms with Crippen LogP contribution in [-0.2, 0) is 5.60 Å². The molecule has 2 N–H and O–H groups in total. The fourth-order valence-corrected chi connectivity index (χ4v) is 3.89. The van der Waals surface area contributed by atoms with E-state index in [1.807, 2.05) is 31.2 Å². The van der Waals surface area contributed by atoms with Crippen molar-refractivity contribution in [1.29, 1.82) is 0 Å². The lowest BCUT2D eigenvalue weighted by Gasteiger charge is -2.38. The summed E-state index contributed by atoms with van der Waals surface area (Å²) in [6.45, 7) is 2.02. The Morgan fingerprint density at radius 2 is 2.04 bits per heavy atom. The Labute approximate surface area is 145 Å². The molecule has 1 aliphatic carbocycles. The van der Waals surface area contributed by atoms with Crippen LogP contribution in [0.5, 0.6) is 0 Å². The Bertz CT molecular complexity index is 954. The largest absolute Gasteiger partial charge is 0.385 e. The van der Waals surface area contributed by atoms with Crippen molar-refractivity contribution in [2.75, 3.05) is 0 Å². The van der Waals surface area contributed by atoms with Crippen LogP contribution in [0, 0.1) is 6.92 Å². The van der Waals surface area contributed by atoms with Gasteiger partial charge in [0.15, 0.2) is 6.29 Å². The van der Waals surface area contributed by atoms with Crippen molar-refractivity contribution >= 4 is 28.8 Å². The third kappa shape index (κ3) is 2.27. The Morgan fingerprint density at radius 1 is 1.25 bits per heavy atom. The summed E-state index contributed by atoms with van der Waals surface area (Å²) in [7, 11) is 0. The van der Waals surface area contributed by atoms with Crippen LogP contribution < -0.4 is 0 Å². The molecule has 122 valence electrons. The first-order valence-electron chi connectivity index (χ1n) is 8.11. The van der Waals surface area contributed by atoms with Crippen molar-refractivity contribution in [3.8, 4) is 11.1 Å². The predicted octanol–water partition coefficient (Wildman–Crippen LogP) is 4.98. The maximum atomic E-state index is 11.2. The molecule has 1 aromatic heterocycles. The smallest absolute Gasteiger partial charge is 0.152 e. The third-order valence-corrected chi connectivity index (χ3v) is 5.46. The summed E-state index contributed by atoms with van der Waals surface area (Å²) in [5, 5.41) is 12.1. The molecule has 3 nitrogen and oxygen atoms in total. The van der Waals surface area contributed by atoms with Crippen LogP contribution in [0.4, 0.5) is 0 Å². The van der Waals surface area contributed by atoms with E-state index in [1.165, 1.54) is 0 Å². The van der Waals surface area contributed by atoms with Gasteiger partial charge in [-0.1, -0.05) is 29.8 Å². The minimum absolute atomic E-state index is 0.625. The lowest BCUT2D eigenvalue weighted by molar-refractivity contribution is -0.0392. The fraction of sp³-hybridized carbons (Fsp3) is 0.250. The van der Waals surface area contributed by atoms with Gasteiger partial charge in [0.25, 0.3) is 0 Å². The van der Waals surface area contributed by atoms with Gasteiger partial charge in [-0.2, -0.15) is 0 Å². The highest BCUT2D eigenvalue weighted by Crippen LogP contribution is 2.43. The number of aromatic nitrogens is 1. The summed E-state index contributed by atoms with van der Waals surface area (Å²) in [5.41, 5.74) is 4.76. The summed E-state index contributed by atoms with van der Waals surface area (Å²) >= 11 is 6.45. The summed E-state index contributed by atoms with van der Waals surface area (Å²) < 4.78 is 0. The van der Waals surface area contributed by atoms with Crippen LogP contribution in [0.1, 0.15) is 40.7 Å². The zero-order chi connectivity index (χ0) is 16.9. The molecule has 4 heteroatoms. The molecule has 1 heterocycles. The highest BCUT2D eigenvalue weighted by Gasteiger charge is 2.37. The summed E-state index contributed by atoms with van der Waals surface area (Å²) in [6.07, 6.45) is 5.26. The van der Waals surface area contributed by atoms with E-state index in [-0.39, 0.29) is 0 Å². The van der Waals surface area contributed by atoms with Crippen molar-refractivity contribution in [1.82, 2.24) is 4.98 Å². The lowest BCUT2D eigenvalue weighted by atomic mass is 9.73. The van der Waals surface area contributed by atoms with E-state index in [1.54, 1.807) is 6.20 Å². The molecule has 1 aliphatic rings. The SMILES string of the molecule is Cc1cc(-c2cc3c(C=O)c[nH]c3cc2Cl)ccc1C1(O)CCC1. The van der Waals surface area contributed by atoms with Gasteiger partial charge < -0.3 is 10.1 Å². The molecule has 0 saturated heterocycles. The van der Waals surface area contributed by atoms with Crippen LogP contribution in [0.15, 0.2) is 36.5 Å². The molecular formula is C20H18ClNO2. The molecule has 24 heavy (non-hydrogen) atoms. The maximum Gasteiger partial charge on any atom is 0.152 e. The molecule has 0 radical (unpaired) electrons. The highest BCUT2D eigenvalue weighted by atomic mass is 35.5. The predicted molar refractivity (Wildman–Crippen MR) is 96.6 cm³/mol. The molecule has 4 rings (SSSR count). The monoisotopic (exact) mass is 339 g/mol. The van der Waals surface area contributed by atoms with Gasteiger partial charge >= 0.3 is 0 Å². The van der Waals surface area contributed by atoms with Gasteiger partial charge in [0, 0.05) is 28.2 Å². The van der Waals surface area contributed by atoms with Gasteiger partial charge in [-0.3, -0.25) is 4.79 Å². The molecule has 0 unspecified atom stereocenters. The molecule has 0 atom stereocenters. The van der Waals surface area contributed by atoms with Gasteiger partial charge in [-0.25, -0.2) is 0 Å². The second-order valence-electron chi connectivity index (χ2n) is 6.65. The molecule has 0 bridgehead atoms. The van der Waals surface area contributed by atoms with Gasteiger partial charge in [0.05, 0.1) is 10.6 Å². The van der Waals surface area contributed by atoms with E-state index in [4.69, 9.17) is 11.6 Å². The molecule has 2 aromatic carbocycles. The average molecular weight is 340 g/mol. The molecular weight excluding hydrogens is 322 g/mol. The van der Waals surface area contributed by atoms with E-state index < -0.39 is 5.60 Å². The average Bonchev–Trinajstić information content (AvgIpc) is 2.93. The number of fused-ring (bicyclic) bond motifs is 1. The lowest BCUT2D eigenvalue weighted by Crippen LogP contribution is -2.34. The van der Waals surface area contributed by atoms with Crippen LogP contribution in [0.3, 0.4) is 0 Å². The minimum Gasteiger partial charge on any atom is -0.385 e. The van der Waals surface area contributed by atoms with Gasteiger partial charge in [0.2, 0.25) is 0 Å². The molecule has 0 amide bonds. The normalized spacial score (nSPS) is 16.1. The van der Waals surface area contributed by atoms with Gasteiger partial charge in [0.1, 0.15) is 0 Å². The van der Waals surface area contributed by atoms with Gasteiger partial charge in [-0.05, 0) is 55.0 Å². The molecule has 1 fully saturated rings. The Kier molecular flexibility index (Phi) is 3.52. The number of aryl methyl sites for hydroxylation is 1. The van der Waals surface area contributed by atoms with Crippen LogP contribution in [0.2, 0.25) is 5.02 Å². The number of carbonyl (C=O) groups excluding carboxylic acids is 1. The van der Waals surface area contributed by atoms with Crippen LogP contribution in [-0.4, -0.2) is 16.4 Å². The first-order valence-corrected chi connectivity index (χ1v) is 8.49. The first-order chi connectivity index (χ1) is 11.5. The number of carbonyl (C=O) groups is 1. The number of hydrogen-bond donors (Lipinski definition) is 2. The number of hydrogen-bond acceptors (Lipinski definition) is 2. The number of aliphatic hydroxyl groups is 1. The van der Waals surface area contributed by atoms with Crippen molar-refractivity contribution < 1.29 is 9.90 Å². The summed E-state index contributed by atoms with van der Waals surface area (Å²) in [6, 6.07) is 9.86. The standard InChI is InChI=1S/C20H18ClNO2/c1-12-7-13(3-4-17(12)20(24)5-2-6-20)15-8-16-14(11-23)10-22-19(16)9-18(15)21/h3-4,7-11,22,24H,2,5-6H2,1H3. The minimum atomic E-state index is -0.665. The number of halogens is 1. The maximum absolute atomic E-state index is 11.2. The second kappa shape index (κ2) is 5.47. The molecule has 3 aromatic rings. The zero-order valence-electron chi connectivity index (χ0n) is 13.4. The summed E-state index contributed by atoms with van der Waals surface area (Å²) in [4.78, 5) is 14.2. The van der Waals surface area contributed by atoms with E-state index >= 15 is 0 Å². The molecule has 0 spiro atoms. The number of nitrogens with one attached hydrogen (secondary N) is 1. The second-order valence-corrected chi connectivity index (χ2v) is 7.06. The Balaban J connectivity index is 1.83. The Hall–Kier alpha value is -2.10. The van der Waals surface area contributed by atoms with Crippen molar-refractivity contribution in [2.24, 2.45) is 0 Å². The first kappa shape index (κ1) is 15.4. The van der Waals surface area contributed by atoms with E-state index in [2.05, 4.69) is 11.1 Å². The van der Waals surface area contributed by atoms with Crippen molar-refractivity contribution in [3.05, 3.63) is 58.2 Å². The zero-order valence-corrected chi connectivity index (χ0v) is 14.2. The third-order valence-electron chi connectivity index (χ3n) is 5.15. The number of benzene rings is 2. The van der Waals surface area contributed by atoms with Gasteiger partial charge in [-0.15, -0.1) is 0 Å². The number of aromatic amines is 1. The topological polar surface area (TPSA) is 53.1 Å². The van der Waals surface area contributed by atoms with E-state index in [9.17, 15) is 9.90 Å². The molecule has 0 aliphatic heterocycles. The number of rotatable bonds is 3. The Morgan fingerprint density at radius 3 is 2.67 bits per heavy atom. The van der Waals surface area contributed by atoms with Crippen molar-refractivity contribution in [3.63, 3.8) is 0 Å². The summed E-state index contributed by atoms with van der Waals surface area (Å²) in [5.74, 6) is 0. The fourth-order valence-electron chi connectivity index (χ4n) is 3.62. The quantitative estimate of drug-likeness (QED) is 0.661. The number of H-pyrrole nitrogens is 1.